The molecule has 13 heavy (non-hydrogen) atoms. The van der Waals surface area contributed by atoms with Gasteiger partial charge in [-0.1, -0.05) is 0 Å². The van der Waals surface area contributed by atoms with Crippen LogP contribution in [0.3, 0.4) is 0 Å². The maximum atomic E-state index is 5.58. The summed E-state index contributed by atoms with van der Waals surface area (Å²) in [6.07, 6.45) is 1.66. The van der Waals surface area contributed by atoms with Crippen molar-refractivity contribution in [2.45, 2.75) is 26.4 Å². The van der Waals surface area contributed by atoms with Crippen LogP contribution in [-0.4, -0.2) is 17.7 Å². The SMILES string of the molecule is COc1ccc(OC(C)(C)C)cn1. The van der Waals surface area contributed by atoms with E-state index in [0.717, 1.165) is 5.75 Å². The summed E-state index contributed by atoms with van der Waals surface area (Å²) in [5.74, 6) is 1.36. The number of rotatable bonds is 2. The third-order valence-corrected chi connectivity index (χ3v) is 1.34. The highest BCUT2D eigenvalue weighted by atomic mass is 16.5. The van der Waals surface area contributed by atoms with Crippen LogP contribution in [0.4, 0.5) is 0 Å². The van der Waals surface area contributed by atoms with Gasteiger partial charge in [-0.15, -0.1) is 0 Å². The highest BCUT2D eigenvalue weighted by Crippen LogP contribution is 2.18. The number of ether oxygens (including phenoxy) is 2. The van der Waals surface area contributed by atoms with Gasteiger partial charge < -0.3 is 9.47 Å². The molecule has 0 aliphatic rings. The van der Waals surface area contributed by atoms with Crippen LogP contribution in [0.5, 0.6) is 11.6 Å². The van der Waals surface area contributed by atoms with Crippen molar-refractivity contribution in [2.24, 2.45) is 0 Å². The first-order valence-electron chi connectivity index (χ1n) is 4.20. The number of hydrogen-bond acceptors (Lipinski definition) is 3. The second kappa shape index (κ2) is 3.64. The minimum absolute atomic E-state index is 0.184. The third-order valence-electron chi connectivity index (χ3n) is 1.34. The number of hydrogen-bond donors (Lipinski definition) is 0. The predicted octanol–water partition coefficient (Wildman–Crippen LogP) is 2.27. The van der Waals surface area contributed by atoms with Crippen LogP contribution in [0.2, 0.25) is 0 Å². The average Bonchev–Trinajstić information content (AvgIpc) is 2.03. The Labute approximate surface area is 78.7 Å². The molecule has 1 aromatic heterocycles. The highest BCUT2D eigenvalue weighted by Gasteiger charge is 2.11. The van der Waals surface area contributed by atoms with E-state index in [0.29, 0.717) is 5.88 Å². The summed E-state index contributed by atoms with van der Waals surface area (Å²) in [7, 11) is 1.59. The molecule has 3 heteroatoms. The van der Waals surface area contributed by atoms with Crippen molar-refractivity contribution < 1.29 is 9.47 Å². The standard InChI is InChI=1S/C10H15NO2/c1-10(2,3)13-8-5-6-9(12-4)11-7-8/h5-7H,1-4H3. The normalized spacial score (nSPS) is 11.1. The highest BCUT2D eigenvalue weighted by molar-refractivity contribution is 5.23. The van der Waals surface area contributed by atoms with Crippen molar-refractivity contribution in [3.63, 3.8) is 0 Å². The lowest BCUT2D eigenvalue weighted by atomic mass is 10.2. The zero-order valence-corrected chi connectivity index (χ0v) is 8.50. The van der Waals surface area contributed by atoms with E-state index in [1.165, 1.54) is 0 Å². The number of methoxy groups -OCH3 is 1. The second-order valence-electron chi connectivity index (χ2n) is 3.75. The van der Waals surface area contributed by atoms with Gasteiger partial charge in [-0.3, -0.25) is 0 Å². The topological polar surface area (TPSA) is 31.4 Å². The van der Waals surface area contributed by atoms with Crippen LogP contribution >= 0.6 is 0 Å². The molecule has 0 radical (unpaired) electrons. The fourth-order valence-electron chi connectivity index (χ4n) is 0.901. The molecule has 0 saturated carbocycles. The molecule has 0 aliphatic carbocycles. The fraction of sp³-hybridized carbons (Fsp3) is 0.500. The van der Waals surface area contributed by atoms with Gasteiger partial charge >= 0.3 is 0 Å². The van der Waals surface area contributed by atoms with E-state index in [1.54, 1.807) is 19.4 Å². The Bertz CT molecular complexity index is 261. The van der Waals surface area contributed by atoms with Gasteiger partial charge in [-0.05, 0) is 26.8 Å². The number of pyridine rings is 1. The molecule has 1 rings (SSSR count). The molecule has 0 bridgehead atoms. The molecule has 1 heterocycles. The van der Waals surface area contributed by atoms with E-state index in [-0.39, 0.29) is 5.60 Å². The van der Waals surface area contributed by atoms with Crippen molar-refractivity contribution in [1.82, 2.24) is 4.98 Å². The summed E-state index contributed by atoms with van der Waals surface area (Å²) in [6.45, 7) is 5.99. The molecule has 0 N–H and O–H groups in total. The van der Waals surface area contributed by atoms with Crippen LogP contribution < -0.4 is 9.47 Å². The minimum atomic E-state index is -0.184. The predicted molar refractivity (Wildman–Crippen MR) is 51.2 cm³/mol. The lowest BCUT2D eigenvalue weighted by Crippen LogP contribution is -2.22. The van der Waals surface area contributed by atoms with Crippen molar-refractivity contribution in [2.75, 3.05) is 7.11 Å². The molecule has 0 aromatic carbocycles. The van der Waals surface area contributed by atoms with E-state index in [2.05, 4.69) is 4.98 Å². The first-order chi connectivity index (χ1) is 6.01. The molecule has 0 spiro atoms. The fourth-order valence-corrected chi connectivity index (χ4v) is 0.901. The van der Waals surface area contributed by atoms with Gasteiger partial charge in [0.25, 0.3) is 0 Å². The van der Waals surface area contributed by atoms with E-state index < -0.39 is 0 Å². The smallest absolute Gasteiger partial charge is 0.213 e. The molecule has 0 saturated heterocycles. The zero-order valence-electron chi connectivity index (χ0n) is 8.50. The minimum Gasteiger partial charge on any atom is -0.487 e. The Kier molecular flexibility index (Phi) is 2.76. The summed E-state index contributed by atoms with van der Waals surface area (Å²) in [5, 5.41) is 0. The molecule has 0 unspecified atom stereocenters. The number of aromatic nitrogens is 1. The first kappa shape index (κ1) is 9.84. The molecular weight excluding hydrogens is 166 g/mol. The molecule has 0 fully saturated rings. The molecular formula is C10H15NO2. The summed E-state index contributed by atoms with van der Waals surface area (Å²) < 4.78 is 10.5. The lowest BCUT2D eigenvalue weighted by Gasteiger charge is -2.20. The Morgan fingerprint density at radius 3 is 2.31 bits per heavy atom. The van der Waals surface area contributed by atoms with Crippen molar-refractivity contribution in [3.8, 4) is 11.6 Å². The van der Waals surface area contributed by atoms with E-state index >= 15 is 0 Å². The van der Waals surface area contributed by atoms with E-state index in [1.807, 2.05) is 26.8 Å². The van der Waals surface area contributed by atoms with Crippen LogP contribution in [0.15, 0.2) is 18.3 Å². The molecule has 0 amide bonds. The maximum Gasteiger partial charge on any atom is 0.213 e. The van der Waals surface area contributed by atoms with Gasteiger partial charge in [0.15, 0.2) is 0 Å². The molecule has 0 aliphatic heterocycles. The van der Waals surface area contributed by atoms with Gasteiger partial charge in [0, 0.05) is 6.07 Å². The Morgan fingerprint density at radius 1 is 1.23 bits per heavy atom. The quantitative estimate of drug-likeness (QED) is 0.701. The molecule has 0 atom stereocenters. The van der Waals surface area contributed by atoms with E-state index in [4.69, 9.17) is 9.47 Å². The lowest BCUT2D eigenvalue weighted by molar-refractivity contribution is 0.130. The molecule has 1 aromatic rings. The summed E-state index contributed by atoms with van der Waals surface area (Å²) in [6, 6.07) is 3.62. The van der Waals surface area contributed by atoms with Crippen LogP contribution in [0.1, 0.15) is 20.8 Å². The Balaban J connectivity index is 2.70. The largest absolute Gasteiger partial charge is 0.487 e. The van der Waals surface area contributed by atoms with Gasteiger partial charge in [-0.25, -0.2) is 4.98 Å². The van der Waals surface area contributed by atoms with Gasteiger partial charge in [-0.2, -0.15) is 0 Å². The second-order valence-corrected chi connectivity index (χ2v) is 3.75. The van der Waals surface area contributed by atoms with Crippen LogP contribution in [-0.2, 0) is 0 Å². The van der Waals surface area contributed by atoms with Gasteiger partial charge in [0.1, 0.15) is 11.4 Å². The Morgan fingerprint density at radius 2 is 1.92 bits per heavy atom. The van der Waals surface area contributed by atoms with Gasteiger partial charge in [0.2, 0.25) is 5.88 Å². The third kappa shape index (κ3) is 3.32. The summed E-state index contributed by atoms with van der Waals surface area (Å²) in [5.41, 5.74) is -0.184. The van der Waals surface area contributed by atoms with Crippen LogP contribution in [0, 0.1) is 0 Å². The zero-order chi connectivity index (χ0) is 9.90. The van der Waals surface area contributed by atoms with Crippen molar-refractivity contribution >= 4 is 0 Å². The first-order valence-corrected chi connectivity index (χ1v) is 4.20. The monoisotopic (exact) mass is 181 g/mol. The van der Waals surface area contributed by atoms with Crippen molar-refractivity contribution in [3.05, 3.63) is 18.3 Å². The Hall–Kier alpha value is -1.25. The molecule has 72 valence electrons. The van der Waals surface area contributed by atoms with Crippen LogP contribution in [0.25, 0.3) is 0 Å². The summed E-state index contributed by atoms with van der Waals surface area (Å²) in [4.78, 5) is 4.03. The van der Waals surface area contributed by atoms with E-state index in [9.17, 15) is 0 Å². The summed E-state index contributed by atoms with van der Waals surface area (Å²) >= 11 is 0. The maximum absolute atomic E-state index is 5.58. The molecule has 3 nitrogen and oxygen atoms in total. The van der Waals surface area contributed by atoms with Gasteiger partial charge in [0.05, 0.1) is 13.3 Å². The number of nitrogens with zero attached hydrogens (tertiary/aromatic N) is 1. The van der Waals surface area contributed by atoms with Crippen molar-refractivity contribution in [1.29, 1.82) is 0 Å². The average molecular weight is 181 g/mol.